The summed E-state index contributed by atoms with van der Waals surface area (Å²) < 4.78 is 1.03. The van der Waals surface area contributed by atoms with Gasteiger partial charge in [-0.2, -0.15) is 0 Å². The fourth-order valence-corrected chi connectivity index (χ4v) is 3.64. The van der Waals surface area contributed by atoms with E-state index in [1.54, 1.807) is 13.8 Å². The van der Waals surface area contributed by atoms with Crippen molar-refractivity contribution in [1.29, 1.82) is 0 Å². The van der Waals surface area contributed by atoms with E-state index < -0.39 is 5.60 Å². The maximum Gasteiger partial charge on any atom is 0.257 e. The average Bonchev–Trinajstić information content (AvgIpc) is 2.63. The second-order valence-electron chi connectivity index (χ2n) is 7.68. The molecule has 0 radical (unpaired) electrons. The lowest BCUT2D eigenvalue weighted by Gasteiger charge is -2.38. The van der Waals surface area contributed by atoms with E-state index >= 15 is 0 Å². The fourth-order valence-electron chi connectivity index (χ4n) is 3.38. The monoisotopic (exact) mass is 430 g/mol. The number of anilines is 1. The SMILES string of the molecule is CCCCC1Nc2ccc(C(C)(C)O)cc2C(=O)N1Cc1ccc(Br)cc1. The molecule has 1 atom stereocenters. The molecule has 0 aliphatic carbocycles. The molecular weight excluding hydrogens is 404 g/mol. The molecule has 1 aliphatic rings. The van der Waals surface area contributed by atoms with Crippen molar-refractivity contribution >= 4 is 27.5 Å². The molecular formula is C22H27BrN2O2. The van der Waals surface area contributed by atoms with Gasteiger partial charge in [-0.15, -0.1) is 0 Å². The van der Waals surface area contributed by atoms with Crippen molar-refractivity contribution in [1.82, 2.24) is 4.90 Å². The van der Waals surface area contributed by atoms with Gasteiger partial charge < -0.3 is 15.3 Å². The maximum absolute atomic E-state index is 13.3. The van der Waals surface area contributed by atoms with E-state index in [4.69, 9.17) is 0 Å². The summed E-state index contributed by atoms with van der Waals surface area (Å²) >= 11 is 3.46. The van der Waals surface area contributed by atoms with E-state index in [2.05, 4.69) is 28.2 Å². The van der Waals surface area contributed by atoms with Crippen molar-refractivity contribution in [3.05, 3.63) is 63.6 Å². The second-order valence-corrected chi connectivity index (χ2v) is 8.60. The maximum atomic E-state index is 13.3. The van der Waals surface area contributed by atoms with Crippen LogP contribution in [0.1, 0.15) is 61.5 Å². The van der Waals surface area contributed by atoms with Crippen LogP contribution in [0.15, 0.2) is 46.9 Å². The molecule has 3 rings (SSSR count). The van der Waals surface area contributed by atoms with E-state index in [0.29, 0.717) is 12.1 Å². The smallest absolute Gasteiger partial charge is 0.257 e. The van der Waals surface area contributed by atoms with E-state index in [-0.39, 0.29) is 12.1 Å². The number of hydrogen-bond acceptors (Lipinski definition) is 3. The van der Waals surface area contributed by atoms with Gasteiger partial charge in [-0.05, 0) is 62.1 Å². The van der Waals surface area contributed by atoms with Crippen LogP contribution in [0.25, 0.3) is 0 Å². The van der Waals surface area contributed by atoms with Crippen LogP contribution in [0.5, 0.6) is 0 Å². The Bertz CT molecular complexity index is 812. The summed E-state index contributed by atoms with van der Waals surface area (Å²) in [6, 6.07) is 13.7. The molecule has 4 nitrogen and oxygen atoms in total. The summed E-state index contributed by atoms with van der Waals surface area (Å²) in [6.07, 6.45) is 3.02. The molecule has 2 aromatic carbocycles. The molecule has 0 saturated carbocycles. The molecule has 0 saturated heterocycles. The van der Waals surface area contributed by atoms with E-state index in [9.17, 15) is 9.90 Å². The lowest BCUT2D eigenvalue weighted by Crippen LogP contribution is -2.48. The number of nitrogens with one attached hydrogen (secondary N) is 1. The third-order valence-electron chi connectivity index (χ3n) is 5.01. The van der Waals surface area contributed by atoms with Crippen molar-refractivity contribution in [2.24, 2.45) is 0 Å². The van der Waals surface area contributed by atoms with Crippen molar-refractivity contribution < 1.29 is 9.90 Å². The number of rotatable bonds is 6. The van der Waals surface area contributed by atoms with Gasteiger partial charge in [0.25, 0.3) is 5.91 Å². The van der Waals surface area contributed by atoms with Gasteiger partial charge >= 0.3 is 0 Å². The first-order valence-electron chi connectivity index (χ1n) is 9.48. The Hall–Kier alpha value is -1.85. The Kier molecular flexibility index (Phi) is 5.92. The van der Waals surface area contributed by atoms with E-state index in [1.165, 1.54) is 0 Å². The summed E-state index contributed by atoms with van der Waals surface area (Å²) in [6.45, 7) is 6.19. The van der Waals surface area contributed by atoms with Crippen LogP contribution in [-0.2, 0) is 12.1 Å². The Labute approximate surface area is 169 Å². The minimum Gasteiger partial charge on any atom is -0.386 e. The number of fused-ring (bicyclic) bond motifs is 1. The molecule has 27 heavy (non-hydrogen) atoms. The Balaban J connectivity index is 1.94. The number of unbranched alkanes of at least 4 members (excludes halogenated alkanes) is 1. The zero-order chi connectivity index (χ0) is 19.6. The number of carbonyl (C=O) groups is 1. The first kappa shape index (κ1) is 19.9. The van der Waals surface area contributed by atoms with Crippen LogP contribution < -0.4 is 5.32 Å². The molecule has 0 fully saturated rings. The third kappa shape index (κ3) is 4.53. The van der Waals surface area contributed by atoms with Crippen molar-refractivity contribution in [3.8, 4) is 0 Å². The Morgan fingerprint density at radius 2 is 1.89 bits per heavy atom. The lowest BCUT2D eigenvalue weighted by atomic mass is 9.94. The molecule has 1 heterocycles. The number of aliphatic hydroxyl groups is 1. The van der Waals surface area contributed by atoms with Gasteiger partial charge in [0.1, 0.15) is 6.17 Å². The lowest BCUT2D eigenvalue weighted by molar-refractivity contribution is 0.0653. The highest BCUT2D eigenvalue weighted by atomic mass is 79.9. The van der Waals surface area contributed by atoms with Crippen LogP contribution in [0, 0.1) is 0 Å². The van der Waals surface area contributed by atoms with Crippen LogP contribution in [0.3, 0.4) is 0 Å². The predicted molar refractivity (Wildman–Crippen MR) is 113 cm³/mol. The number of nitrogens with zero attached hydrogens (tertiary/aromatic N) is 1. The average molecular weight is 431 g/mol. The van der Waals surface area contributed by atoms with Gasteiger partial charge in [-0.3, -0.25) is 4.79 Å². The standard InChI is InChI=1S/C22H27BrN2O2/c1-4-5-6-20-24-19-12-9-16(22(2,3)27)13-18(19)21(26)25(20)14-15-7-10-17(23)11-8-15/h7-13,20,24,27H,4-6,14H2,1-3H3. The zero-order valence-electron chi connectivity index (χ0n) is 16.1. The molecule has 0 aromatic heterocycles. The van der Waals surface area contributed by atoms with Gasteiger partial charge in [0.05, 0.1) is 11.2 Å². The van der Waals surface area contributed by atoms with Crippen LogP contribution in [-0.4, -0.2) is 22.1 Å². The first-order chi connectivity index (χ1) is 12.8. The summed E-state index contributed by atoms with van der Waals surface area (Å²) in [7, 11) is 0. The molecule has 1 unspecified atom stereocenters. The second kappa shape index (κ2) is 8.03. The molecule has 1 aliphatic heterocycles. The van der Waals surface area contributed by atoms with Crippen LogP contribution >= 0.6 is 15.9 Å². The summed E-state index contributed by atoms with van der Waals surface area (Å²) in [4.78, 5) is 15.2. The minimum absolute atomic E-state index is 0.0128. The highest BCUT2D eigenvalue weighted by Crippen LogP contribution is 2.32. The molecule has 2 N–H and O–H groups in total. The zero-order valence-corrected chi connectivity index (χ0v) is 17.7. The normalized spacial score (nSPS) is 16.9. The number of halogens is 1. The Morgan fingerprint density at radius 1 is 1.19 bits per heavy atom. The van der Waals surface area contributed by atoms with Crippen molar-refractivity contribution in [2.75, 3.05) is 5.32 Å². The third-order valence-corrected chi connectivity index (χ3v) is 5.54. The van der Waals surface area contributed by atoms with Gasteiger partial charge in [0.2, 0.25) is 0 Å². The largest absolute Gasteiger partial charge is 0.386 e. The minimum atomic E-state index is -0.981. The van der Waals surface area contributed by atoms with Crippen LogP contribution in [0.4, 0.5) is 5.69 Å². The quantitative estimate of drug-likeness (QED) is 0.656. The van der Waals surface area contributed by atoms with Crippen molar-refractivity contribution in [3.63, 3.8) is 0 Å². The van der Waals surface area contributed by atoms with E-state index in [0.717, 1.165) is 40.5 Å². The van der Waals surface area contributed by atoms with Gasteiger partial charge in [0, 0.05) is 16.7 Å². The fraction of sp³-hybridized carbons (Fsp3) is 0.409. The van der Waals surface area contributed by atoms with Gasteiger partial charge in [-0.25, -0.2) is 0 Å². The van der Waals surface area contributed by atoms with Gasteiger partial charge in [0.15, 0.2) is 0 Å². The molecule has 5 heteroatoms. The highest BCUT2D eigenvalue weighted by Gasteiger charge is 2.32. The summed E-state index contributed by atoms with van der Waals surface area (Å²) in [5, 5.41) is 13.9. The molecule has 0 bridgehead atoms. The molecule has 144 valence electrons. The summed E-state index contributed by atoms with van der Waals surface area (Å²) in [5.74, 6) is 0.0128. The predicted octanol–water partition coefficient (Wildman–Crippen LogP) is 5.26. The topological polar surface area (TPSA) is 52.6 Å². The number of hydrogen-bond donors (Lipinski definition) is 2. The van der Waals surface area contributed by atoms with Crippen LogP contribution in [0.2, 0.25) is 0 Å². The number of amides is 1. The van der Waals surface area contributed by atoms with E-state index in [1.807, 2.05) is 47.4 Å². The highest BCUT2D eigenvalue weighted by molar-refractivity contribution is 9.10. The summed E-state index contributed by atoms with van der Waals surface area (Å²) in [5.41, 5.74) is 2.33. The number of carbonyl (C=O) groups excluding carboxylic acids is 1. The number of benzene rings is 2. The molecule has 1 amide bonds. The van der Waals surface area contributed by atoms with Gasteiger partial charge in [-0.1, -0.05) is 47.5 Å². The molecule has 0 spiro atoms. The molecule has 2 aromatic rings. The Morgan fingerprint density at radius 3 is 2.52 bits per heavy atom. The first-order valence-corrected chi connectivity index (χ1v) is 10.3. The van der Waals surface area contributed by atoms with Crippen molar-refractivity contribution in [2.45, 2.75) is 58.3 Å².